The van der Waals surface area contributed by atoms with Gasteiger partial charge in [0.25, 0.3) is 0 Å². The van der Waals surface area contributed by atoms with Crippen LogP contribution >= 0.6 is 0 Å². The highest BCUT2D eigenvalue weighted by Gasteiger charge is 2.36. The number of aromatic nitrogens is 1. The van der Waals surface area contributed by atoms with Gasteiger partial charge in [-0.1, -0.05) is 48.5 Å². The van der Waals surface area contributed by atoms with Crippen molar-refractivity contribution in [1.29, 1.82) is 0 Å². The molecule has 2 heteroatoms. The van der Waals surface area contributed by atoms with Gasteiger partial charge in [0.1, 0.15) is 0 Å². The van der Waals surface area contributed by atoms with E-state index in [0.29, 0.717) is 0 Å². The molecule has 7 rings (SSSR count). The first-order valence-corrected chi connectivity index (χ1v) is 9.96. The van der Waals surface area contributed by atoms with Crippen LogP contribution in [-0.4, -0.2) is 4.98 Å². The van der Waals surface area contributed by atoms with Crippen LogP contribution < -0.4 is 4.90 Å². The highest BCUT2D eigenvalue weighted by Crippen LogP contribution is 2.54. The summed E-state index contributed by atoms with van der Waals surface area (Å²) in [6.45, 7) is 0. The normalized spacial score (nSPS) is 14.6. The van der Waals surface area contributed by atoms with Crippen LogP contribution in [0.1, 0.15) is 33.5 Å². The van der Waals surface area contributed by atoms with Gasteiger partial charge in [0.15, 0.2) is 0 Å². The molecule has 2 aliphatic heterocycles. The van der Waals surface area contributed by atoms with E-state index < -0.39 is 0 Å². The van der Waals surface area contributed by atoms with Crippen molar-refractivity contribution < 1.29 is 0 Å². The van der Waals surface area contributed by atoms with Crippen LogP contribution in [0.4, 0.5) is 17.1 Å². The third-order valence-corrected chi connectivity index (χ3v) is 6.52. The van der Waals surface area contributed by atoms with Gasteiger partial charge in [0, 0.05) is 24.7 Å². The van der Waals surface area contributed by atoms with Crippen LogP contribution in [0.2, 0.25) is 0 Å². The van der Waals surface area contributed by atoms with Crippen LogP contribution in [0, 0.1) is 0 Å². The molecule has 4 aromatic rings. The van der Waals surface area contributed by atoms with E-state index in [1.165, 1.54) is 61.7 Å². The molecule has 3 aliphatic rings. The SMILES string of the molecule is c1ccc2c(c1)Cc1cc3c4c(c1-2)Cc1ccccc1N4c1cccnc1C3. The van der Waals surface area contributed by atoms with E-state index in [-0.39, 0.29) is 0 Å². The molecule has 0 saturated heterocycles. The second-order valence-corrected chi connectivity index (χ2v) is 8.02. The minimum absolute atomic E-state index is 0.917. The average molecular weight is 358 g/mol. The van der Waals surface area contributed by atoms with Gasteiger partial charge in [0.05, 0.1) is 17.1 Å². The molecule has 0 N–H and O–H groups in total. The van der Waals surface area contributed by atoms with Crippen molar-refractivity contribution in [2.75, 3.05) is 4.90 Å². The Morgan fingerprint density at radius 1 is 0.679 bits per heavy atom. The van der Waals surface area contributed by atoms with Gasteiger partial charge in [-0.3, -0.25) is 4.98 Å². The van der Waals surface area contributed by atoms with Crippen LogP contribution in [0.5, 0.6) is 0 Å². The number of anilines is 3. The van der Waals surface area contributed by atoms with Gasteiger partial charge in [0.2, 0.25) is 0 Å². The highest BCUT2D eigenvalue weighted by molar-refractivity contribution is 5.95. The fraction of sp³-hybridized carbons (Fsp3) is 0.115. The van der Waals surface area contributed by atoms with Gasteiger partial charge >= 0.3 is 0 Å². The monoisotopic (exact) mass is 358 g/mol. The van der Waals surface area contributed by atoms with Crippen LogP contribution in [0.25, 0.3) is 11.1 Å². The van der Waals surface area contributed by atoms with Crippen molar-refractivity contribution in [1.82, 2.24) is 4.98 Å². The molecule has 132 valence electrons. The Balaban J connectivity index is 1.60. The second-order valence-electron chi connectivity index (χ2n) is 8.02. The molecule has 3 heterocycles. The predicted octanol–water partition coefficient (Wildman–Crippen LogP) is 5.93. The molecule has 0 fully saturated rings. The Kier molecular flexibility index (Phi) is 2.67. The Bertz CT molecular complexity index is 1290. The standard InChI is InChI=1S/C26H18N2/c1-3-8-20-16(6-1)12-18-13-19-15-22-24(10-5-11-27-22)28-23-9-4-2-7-17(23)14-21(25(18)20)26(19)28/h1-11,13H,12,14-15H2. The first-order chi connectivity index (χ1) is 13.9. The molecular formula is C26H18N2. The summed E-state index contributed by atoms with van der Waals surface area (Å²) >= 11 is 0. The lowest BCUT2D eigenvalue weighted by Crippen LogP contribution is -2.25. The fourth-order valence-corrected chi connectivity index (χ4v) is 5.43. The van der Waals surface area contributed by atoms with Crippen molar-refractivity contribution in [2.45, 2.75) is 19.3 Å². The molecule has 0 spiro atoms. The number of rotatable bonds is 0. The topological polar surface area (TPSA) is 16.1 Å². The summed E-state index contributed by atoms with van der Waals surface area (Å²) in [5.74, 6) is 0. The lowest BCUT2D eigenvalue weighted by atomic mass is 9.83. The Hall–Kier alpha value is -3.39. The lowest BCUT2D eigenvalue weighted by Gasteiger charge is -2.40. The quantitative estimate of drug-likeness (QED) is 0.334. The third-order valence-electron chi connectivity index (χ3n) is 6.52. The molecule has 0 bridgehead atoms. The summed E-state index contributed by atoms with van der Waals surface area (Å²) in [7, 11) is 0. The van der Waals surface area contributed by atoms with Gasteiger partial charge in [-0.15, -0.1) is 0 Å². The number of benzene rings is 3. The van der Waals surface area contributed by atoms with Gasteiger partial charge < -0.3 is 4.90 Å². The van der Waals surface area contributed by atoms with Crippen molar-refractivity contribution in [3.8, 4) is 11.1 Å². The van der Waals surface area contributed by atoms with Crippen LogP contribution in [0.15, 0.2) is 72.9 Å². The zero-order chi connectivity index (χ0) is 18.2. The molecule has 0 unspecified atom stereocenters. The van der Waals surface area contributed by atoms with E-state index in [1.54, 1.807) is 0 Å². The summed E-state index contributed by atoms with van der Waals surface area (Å²) in [6, 6.07) is 24.5. The maximum Gasteiger partial charge on any atom is 0.0688 e. The summed E-state index contributed by atoms with van der Waals surface area (Å²) in [5.41, 5.74) is 15.2. The minimum Gasteiger partial charge on any atom is -0.308 e. The first kappa shape index (κ1) is 14.6. The van der Waals surface area contributed by atoms with Gasteiger partial charge in [-0.2, -0.15) is 0 Å². The predicted molar refractivity (Wildman–Crippen MR) is 113 cm³/mol. The van der Waals surface area contributed by atoms with E-state index >= 15 is 0 Å². The van der Waals surface area contributed by atoms with Crippen molar-refractivity contribution in [3.05, 3.63) is 106 Å². The molecule has 0 amide bonds. The molecule has 2 nitrogen and oxygen atoms in total. The number of hydrogen-bond acceptors (Lipinski definition) is 2. The molecule has 28 heavy (non-hydrogen) atoms. The van der Waals surface area contributed by atoms with E-state index in [1.807, 2.05) is 6.20 Å². The molecule has 1 aliphatic carbocycles. The fourth-order valence-electron chi connectivity index (χ4n) is 5.43. The van der Waals surface area contributed by atoms with Crippen LogP contribution in [0.3, 0.4) is 0 Å². The zero-order valence-corrected chi connectivity index (χ0v) is 15.4. The Morgan fingerprint density at radius 2 is 1.50 bits per heavy atom. The van der Waals surface area contributed by atoms with Crippen molar-refractivity contribution in [2.24, 2.45) is 0 Å². The van der Waals surface area contributed by atoms with Gasteiger partial charge in [-0.25, -0.2) is 0 Å². The number of nitrogens with zero attached hydrogens (tertiary/aromatic N) is 2. The molecule has 0 radical (unpaired) electrons. The molecule has 1 aromatic heterocycles. The smallest absolute Gasteiger partial charge is 0.0688 e. The number of pyridine rings is 1. The zero-order valence-electron chi connectivity index (χ0n) is 15.4. The molecule has 3 aromatic carbocycles. The maximum absolute atomic E-state index is 4.73. The minimum atomic E-state index is 0.917. The highest BCUT2D eigenvalue weighted by atomic mass is 15.2. The third kappa shape index (κ3) is 1.75. The van der Waals surface area contributed by atoms with E-state index in [9.17, 15) is 0 Å². The number of para-hydroxylation sites is 1. The summed E-state index contributed by atoms with van der Waals surface area (Å²) in [4.78, 5) is 7.20. The molecular weight excluding hydrogens is 340 g/mol. The van der Waals surface area contributed by atoms with E-state index in [2.05, 4.69) is 71.6 Å². The molecule has 0 atom stereocenters. The summed E-state index contributed by atoms with van der Waals surface area (Å²) < 4.78 is 0. The first-order valence-electron chi connectivity index (χ1n) is 9.96. The van der Waals surface area contributed by atoms with Crippen molar-refractivity contribution >= 4 is 17.1 Å². The lowest BCUT2D eigenvalue weighted by molar-refractivity contribution is 0.968. The average Bonchev–Trinajstić information content (AvgIpc) is 3.11. The van der Waals surface area contributed by atoms with E-state index in [0.717, 1.165) is 19.3 Å². The Labute approximate surface area is 164 Å². The second kappa shape index (κ2) is 5.11. The number of hydrogen-bond donors (Lipinski definition) is 0. The van der Waals surface area contributed by atoms with Gasteiger partial charge in [-0.05, 0) is 63.6 Å². The number of fused-ring (bicyclic) bond motifs is 8. The van der Waals surface area contributed by atoms with E-state index in [4.69, 9.17) is 4.98 Å². The Morgan fingerprint density at radius 3 is 2.46 bits per heavy atom. The van der Waals surface area contributed by atoms with Crippen molar-refractivity contribution in [3.63, 3.8) is 0 Å². The largest absolute Gasteiger partial charge is 0.308 e. The maximum atomic E-state index is 4.73. The molecule has 0 saturated carbocycles. The summed E-state index contributed by atoms with van der Waals surface area (Å²) in [5, 5.41) is 0. The van der Waals surface area contributed by atoms with Crippen LogP contribution in [-0.2, 0) is 19.3 Å². The summed E-state index contributed by atoms with van der Waals surface area (Å²) in [6.07, 6.45) is 4.88.